The van der Waals surface area contributed by atoms with Crippen LogP contribution in [0.25, 0.3) is 22.6 Å². The maximum Gasteiger partial charge on any atom is 0.138 e. The second kappa shape index (κ2) is 9.42. The molecule has 1 atom stereocenters. The van der Waals surface area contributed by atoms with E-state index in [1.54, 1.807) is 0 Å². The minimum atomic E-state index is 0.530. The van der Waals surface area contributed by atoms with Crippen molar-refractivity contribution in [3.05, 3.63) is 95.1 Å². The first-order chi connectivity index (χ1) is 16.1. The molecule has 5 heteroatoms. The van der Waals surface area contributed by atoms with Gasteiger partial charge in [-0.3, -0.25) is 4.90 Å². The van der Waals surface area contributed by atoms with Gasteiger partial charge in [0.2, 0.25) is 0 Å². The van der Waals surface area contributed by atoms with Gasteiger partial charge < -0.3 is 9.88 Å². The molecule has 168 valence electrons. The van der Waals surface area contributed by atoms with Crippen molar-refractivity contribution in [3.8, 4) is 22.6 Å². The average molecular weight is 457 g/mol. The summed E-state index contributed by atoms with van der Waals surface area (Å²) in [6.07, 6.45) is 1.19. The van der Waals surface area contributed by atoms with E-state index in [4.69, 9.17) is 16.6 Å². The fraction of sp³-hybridized carbons (Fsp3) is 0.250. The number of halogens is 1. The normalized spacial score (nSPS) is 16.3. The van der Waals surface area contributed by atoms with Crippen molar-refractivity contribution >= 4 is 17.3 Å². The molecule has 3 aromatic carbocycles. The van der Waals surface area contributed by atoms with Crippen LogP contribution in [0.5, 0.6) is 0 Å². The Morgan fingerprint density at radius 1 is 0.970 bits per heavy atom. The molecule has 1 aliphatic rings. The van der Waals surface area contributed by atoms with E-state index >= 15 is 0 Å². The minimum Gasteiger partial charge on any atom is -0.370 e. The van der Waals surface area contributed by atoms with Crippen molar-refractivity contribution in [1.82, 2.24) is 14.9 Å². The number of hydrogen-bond donors (Lipinski definition) is 1. The van der Waals surface area contributed by atoms with Gasteiger partial charge >= 0.3 is 0 Å². The highest BCUT2D eigenvalue weighted by atomic mass is 35.5. The monoisotopic (exact) mass is 456 g/mol. The average Bonchev–Trinajstić information content (AvgIpc) is 3.47. The number of aromatic nitrogens is 2. The molecular weight excluding hydrogens is 428 g/mol. The summed E-state index contributed by atoms with van der Waals surface area (Å²) in [6.45, 7) is 5.32. The van der Waals surface area contributed by atoms with Crippen LogP contribution >= 0.6 is 11.6 Å². The van der Waals surface area contributed by atoms with Crippen molar-refractivity contribution in [2.24, 2.45) is 0 Å². The Bertz CT molecular complexity index is 1200. The fourth-order valence-corrected chi connectivity index (χ4v) is 4.79. The lowest BCUT2D eigenvalue weighted by Crippen LogP contribution is -2.34. The molecule has 0 spiro atoms. The van der Waals surface area contributed by atoms with Gasteiger partial charge in [-0.25, -0.2) is 4.98 Å². The Balaban J connectivity index is 1.26. The van der Waals surface area contributed by atoms with E-state index in [0.717, 1.165) is 53.0 Å². The first-order valence-electron chi connectivity index (χ1n) is 11.5. The summed E-state index contributed by atoms with van der Waals surface area (Å²) in [6, 6.07) is 27.8. The van der Waals surface area contributed by atoms with Crippen LogP contribution in [0.4, 0.5) is 5.69 Å². The Morgan fingerprint density at radius 2 is 1.67 bits per heavy atom. The molecular formula is C28H29ClN4. The smallest absolute Gasteiger partial charge is 0.138 e. The molecule has 1 N–H and O–H groups in total. The number of nitrogens with one attached hydrogen (secondary N) is 1. The standard InChI is InChI=1S/C28H29ClN4/c1-20-27(22-8-12-24(29)13-9-22)31-28(30-20)23-10-14-25(15-11-23)32(2)26-16-17-33(19-26)18-21-6-4-3-5-7-21/h3-15,26H,16-19H2,1-2H3,(H,30,31)/t26-/m0/s1. The zero-order valence-electron chi connectivity index (χ0n) is 19.1. The number of aryl methyl sites for hydroxylation is 1. The van der Waals surface area contributed by atoms with Gasteiger partial charge in [-0.1, -0.05) is 54.1 Å². The van der Waals surface area contributed by atoms with Crippen molar-refractivity contribution in [1.29, 1.82) is 0 Å². The van der Waals surface area contributed by atoms with E-state index in [0.29, 0.717) is 6.04 Å². The van der Waals surface area contributed by atoms with Crippen LogP contribution in [0, 0.1) is 6.92 Å². The molecule has 0 unspecified atom stereocenters. The van der Waals surface area contributed by atoms with E-state index in [1.807, 2.05) is 24.3 Å². The molecule has 1 aliphatic heterocycles. The van der Waals surface area contributed by atoms with Gasteiger partial charge in [0.05, 0.1) is 5.69 Å². The van der Waals surface area contributed by atoms with Gasteiger partial charge in [0.1, 0.15) is 5.82 Å². The number of nitrogens with zero attached hydrogens (tertiary/aromatic N) is 3. The predicted octanol–water partition coefficient (Wildman–Crippen LogP) is 6.42. The molecule has 0 bridgehead atoms. The van der Waals surface area contributed by atoms with E-state index in [1.165, 1.54) is 17.7 Å². The molecule has 2 heterocycles. The summed E-state index contributed by atoms with van der Waals surface area (Å²) >= 11 is 6.04. The van der Waals surface area contributed by atoms with Gasteiger partial charge in [0.15, 0.2) is 0 Å². The molecule has 1 saturated heterocycles. The highest BCUT2D eigenvalue weighted by molar-refractivity contribution is 6.30. The van der Waals surface area contributed by atoms with E-state index in [-0.39, 0.29) is 0 Å². The first-order valence-corrected chi connectivity index (χ1v) is 11.9. The number of likely N-dealkylation sites (N-methyl/N-ethyl adjacent to an activating group) is 1. The highest BCUT2D eigenvalue weighted by Gasteiger charge is 2.26. The molecule has 0 amide bonds. The third-order valence-electron chi connectivity index (χ3n) is 6.59. The maximum absolute atomic E-state index is 6.04. The van der Waals surface area contributed by atoms with Gasteiger partial charge in [-0.05, 0) is 55.3 Å². The molecule has 4 aromatic rings. The minimum absolute atomic E-state index is 0.530. The van der Waals surface area contributed by atoms with Gasteiger partial charge in [0, 0.05) is 60.3 Å². The summed E-state index contributed by atoms with van der Waals surface area (Å²) in [5.41, 5.74) is 6.80. The van der Waals surface area contributed by atoms with Crippen LogP contribution in [-0.4, -0.2) is 41.0 Å². The lowest BCUT2D eigenvalue weighted by molar-refractivity contribution is 0.326. The van der Waals surface area contributed by atoms with Crippen LogP contribution in [0.2, 0.25) is 5.02 Å². The Hall–Kier alpha value is -3.08. The van der Waals surface area contributed by atoms with Crippen molar-refractivity contribution in [2.75, 3.05) is 25.0 Å². The zero-order valence-corrected chi connectivity index (χ0v) is 19.9. The van der Waals surface area contributed by atoms with Crippen molar-refractivity contribution in [3.63, 3.8) is 0 Å². The third-order valence-corrected chi connectivity index (χ3v) is 6.85. The summed E-state index contributed by atoms with van der Waals surface area (Å²) in [5.74, 6) is 0.890. The number of anilines is 1. The Kier molecular flexibility index (Phi) is 6.21. The van der Waals surface area contributed by atoms with E-state index in [2.05, 4.69) is 83.4 Å². The first kappa shape index (κ1) is 21.7. The molecule has 4 nitrogen and oxygen atoms in total. The number of likely N-dealkylation sites (tertiary alicyclic amines) is 1. The second-order valence-corrected chi connectivity index (χ2v) is 9.32. The molecule has 1 aromatic heterocycles. The fourth-order valence-electron chi connectivity index (χ4n) is 4.66. The second-order valence-electron chi connectivity index (χ2n) is 8.89. The summed E-state index contributed by atoms with van der Waals surface area (Å²) in [7, 11) is 2.21. The Labute approximate surface area is 200 Å². The van der Waals surface area contributed by atoms with Crippen LogP contribution in [-0.2, 0) is 6.54 Å². The van der Waals surface area contributed by atoms with E-state index < -0.39 is 0 Å². The van der Waals surface area contributed by atoms with Gasteiger partial charge in [-0.2, -0.15) is 0 Å². The van der Waals surface area contributed by atoms with Gasteiger partial charge in [0.25, 0.3) is 0 Å². The largest absolute Gasteiger partial charge is 0.370 e. The van der Waals surface area contributed by atoms with E-state index in [9.17, 15) is 0 Å². The summed E-state index contributed by atoms with van der Waals surface area (Å²) in [5, 5.41) is 0.734. The molecule has 0 radical (unpaired) electrons. The van der Waals surface area contributed by atoms with Crippen LogP contribution < -0.4 is 4.90 Å². The predicted molar refractivity (Wildman–Crippen MR) is 138 cm³/mol. The number of benzene rings is 3. The molecule has 5 rings (SSSR count). The molecule has 1 fully saturated rings. The number of imidazole rings is 1. The third kappa shape index (κ3) is 4.82. The molecule has 0 saturated carbocycles. The van der Waals surface area contributed by atoms with Crippen molar-refractivity contribution < 1.29 is 0 Å². The highest BCUT2D eigenvalue weighted by Crippen LogP contribution is 2.29. The SMILES string of the molecule is Cc1[nH]c(-c2ccc(N(C)[C@H]3CCN(Cc4ccccc4)C3)cc2)nc1-c1ccc(Cl)cc1. The Morgan fingerprint density at radius 3 is 2.39 bits per heavy atom. The lowest BCUT2D eigenvalue weighted by atomic mass is 10.1. The van der Waals surface area contributed by atoms with Crippen LogP contribution in [0.15, 0.2) is 78.9 Å². The van der Waals surface area contributed by atoms with Crippen LogP contribution in [0.1, 0.15) is 17.7 Å². The number of H-pyrrole nitrogens is 1. The zero-order chi connectivity index (χ0) is 22.8. The number of rotatable bonds is 6. The van der Waals surface area contributed by atoms with Gasteiger partial charge in [-0.15, -0.1) is 0 Å². The van der Waals surface area contributed by atoms with Crippen LogP contribution in [0.3, 0.4) is 0 Å². The molecule has 0 aliphatic carbocycles. The maximum atomic E-state index is 6.04. The number of aromatic amines is 1. The number of hydrogen-bond acceptors (Lipinski definition) is 3. The van der Waals surface area contributed by atoms with Crippen molar-refractivity contribution in [2.45, 2.75) is 25.9 Å². The quantitative estimate of drug-likeness (QED) is 0.363. The lowest BCUT2D eigenvalue weighted by Gasteiger charge is -2.27. The molecule has 33 heavy (non-hydrogen) atoms. The summed E-state index contributed by atoms with van der Waals surface area (Å²) in [4.78, 5) is 13.3. The topological polar surface area (TPSA) is 35.2 Å². The summed E-state index contributed by atoms with van der Waals surface area (Å²) < 4.78 is 0.